The Balaban J connectivity index is 2.90. The molecule has 0 aliphatic rings. The van der Waals surface area contributed by atoms with Crippen molar-refractivity contribution in [1.82, 2.24) is 0 Å². The topological polar surface area (TPSA) is 86.2 Å². The maximum absolute atomic E-state index is 11.9. The minimum absolute atomic E-state index is 0.00537. The molecule has 3 unspecified atom stereocenters. The third-order valence-corrected chi connectivity index (χ3v) is 4.20. The fourth-order valence-electron chi connectivity index (χ4n) is 1.11. The molecule has 88 valence electrons. The smallest absolute Gasteiger partial charge is 0.269 e. The highest BCUT2D eigenvalue weighted by molar-refractivity contribution is 7.85. The van der Waals surface area contributed by atoms with Crippen LogP contribution in [-0.4, -0.2) is 20.4 Å². The molecule has 0 saturated carbocycles. The highest BCUT2D eigenvalue weighted by Gasteiger charge is 2.17. The number of rotatable bonds is 4. The van der Waals surface area contributed by atoms with E-state index in [-0.39, 0.29) is 17.0 Å². The van der Waals surface area contributed by atoms with Crippen molar-refractivity contribution >= 4 is 16.5 Å². The first-order chi connectivity index (χ1) is 7.43. The normalized spacial score (nSPS) is 16.4. The van der Waals surface area contributed by atoms with E-state index in [1.807, 2.05) is 0 Å². The molecule has 0 fully saturated rings. The zero-order chi connectivity index (χ0) is 12.3. The van der Waals surface area contributed by atoms with E-state index in [9.17, 15) is 14.3 Å². The lowest BCUT2D eigenvalue weighted by atomic mass is 10.3. The number of hydrogen-bond acceptors (Lipinski definition) is 4. The van der Waals surface area contributed by atoms with E-state index in [1.54, 1.807) is 13.8 Å². The Hall–Kier alpha value is -1.27. The summed E-state index contributed by atoms with van der Waals surface area (Å²) in [6.45, 7) is 3.58. The molecule has 5 nitrogen and oxygen atoms in total. The second kappa shape index (κ2) is 5.18. The van der Waals surface area contributed by atoms with Crippen molar-refractivity contribution < 1.29 is 9.13 Å². The Kier molecular flexibility index (Phi) is 4.14. The van der Waals surface area contributed by atoms with Crippen LogP contribution in [0.25, 0.3) is 0 Å². The van der Waals surface area contributed by atoms with Crippen LogP contribution in [-0.2, 0) is 10.8 Å². The second-order valence-electron chi connectivity index (χ2n) is 3.61. The van der Waals surface area contributed by atoms with Crippen LogP contribution in [0.15, 0.2) is 29.2 Å². The summed E-state index contributed by atoms with van der Waals surface area (Å²) < 4.78 is 11.9. The maximum Gasteiger partial charge on any atom is 0.269 e. The molecule has 0 aliphatic heterocycles. The van der Waals surface area contributed by atoms with Gasteiger partial charge in [0, 0.05) is 23.1 Å². The van der Waals surface area contributed by atoms with E-state index < -0.39 is 15.7 Å². The van der Waals surface area contributed by atoms with Crippen LogP contribution in [0, 0.1) is 10.1 Å². The van der Waals surface area contributed by atoms with Gasteiger partial charge in [-0.1, -0.05) is 0 Å². The largest absolute Gasteiger partial charge is 0.327 e. The second-order valence-corrected chi connectivity index (χ2v) is 5.42. The molecule has 0 heterocycles. The van der Waals surface area contributed by atoms with Gasteiger partial charge in [0.25, 0.3) is 5.69 Å². The van der Waals surface area contributed by atoms with E-state index in [2.05, 4.69) is 0 Å². The Labute approximate surface area is 96.3 Å². The first kappa shape index (κ1) is 12.8. The maximum atomic E-state index is 11.9. The van der Waals surface area contributed by atoms with Crippen LogP contribution in [0.3, 0.4) is 0 Å². The number of nitrogens with zero attached hydrogens (tertiary/aromatic N) is 1. The molecule has 0 radical (unpaired) electrons. The molecule has 1 aromatic rings. The van der Waals surface area contributed by atoms with Gasteiger partial charge in [-0.2, -0.15) is 0 Å². The van der Waals surface area contributed by atoms with Gasteiger partial charge in [0.15, 0.2) is 0 Å². The molecule has 6 heteroatoms. The summed E-state index contributed by atoms with van der Waals surface area (Å²) in [7, 11) is -1.23. The van der Waals surface area contributed by atoms with Crippen molar-refractivity contribution in [2.45, 2.75) is 30.0 Å². The van der Waals surface area contributed by atoms with Crippen molar-refractivity contribution in [2.24, 2.45) is 5.73 Å². The number of benzene rings is 1. The zero-order valence-corrected chi connectivity index (χ0v) is 9.94. The fourth-order valence-corrected chi connectivity index (χ4v) is 2.34. The summed E-state index contributed by atoms with van der Waals surface area (Å²) >= 11 is 0. The monoisotopic (exact) mass is 242 g/mol. The lowest BCUT2D eigenvalue weighted by molar-refractivity contribution is -0.384. The van der Waals surface area contributed by atoms with Gasteiger partial charge in [0.1, 0.15) is 0 Å². The Morgan fingerprint density at radius 1 is 1.31 bits per heavy atom. The lowest BCUT2D eigenvalue weighted by Gasteiger charge is -2.14. The predicted octanol–water partition coefficient (Wildman–Crippen LogP) is 1.44. The first-order valence-corrected chi connectivity index (χ1v) is 6.05. The minimum Gasteiger partial charge on any atom is -0.327 e. The minimum atomic E-state index is -1.23. The number of nitro benzene ring substituents is 1. The molecule has 1 aromatic carbocycles. The molecule has 0 spiro atoms. The molecular weight excluding hydrogens is 228 g/mol. The summed E-state index contributed by atoms with van der Waals surface area (Å²) in [6.07, 6.45) is 0. The number of hydrogen-bond donors (Lipinski definition) is 1. The third-order valence-electron chi connectivity index (χ3n) is 2.36. The summed E-state index contributed by atoms with van der Waals surface area (Å²) in [5.74, 6) is 0. The summed E-state index contributed by atoms with van der Waals surface area (Å²) in [4.78, 5) is 10.5. The van der Waals surface area contributed by atoms with Gasteiger partial charge in [-0.05, 0) is 26.0 Å². The number of nitrogens with two attached hydrogens (primary N) is 1. The Morgan fingerprint density at radius 3 is 2.19 bits per heavy atom. The lowest BCUT2D eigenvalue weighted by Crippen LogP contribution is -2.32. The van der Waals surface area contributed by atoms with Crippen LogP contribution in [0.5, 0.6) is 0 Å². The molecule has 0 bridgehead atoms. The molecule has 0 aromatic heterocycles. The standard InChI is InChI=1S/C10H14N2O3S/c1-7(11)8(2)16(15)10-5-3-9(4-6-10)12(13)14/h3-8H,11H2,1-2H3. The van der Waals surface area contributed by atoms with Gasteiger partial charge < -0.3 is 5.73 Å². The van der Waals surface area contributed by atoms with Crippen molar-refractivity contribution in [1.29, 1.82) is 0 Å². The highest BCUT2D eigenvalue weighted by atomic mass is 32.2. The van der Waals surface area contributed by atoms with Gasteiger partial charge in [0.05, 0.1) is 21.0 Å². The predicted molar refractivity (Wildman–Crippen MR) is 62.6 cm³/mol. The van der Waals surface area contributed by atoms with Gasteiger partial charge in [-0.15, -0.1) is 0 Å². The molecular formula is C10H14N2O3S. The first-order valence-electron chi connectivity index (χ1n) is 4.84. The fraction of sp³-hybridized carbons (Fsp3) is 0.400. The summed E-state index contributed by atoms with van der Waals surface area (Å²) in [5.41, 5.74) is 5.65. The van der Waals surface area contributed by atoms with Crippen LogP contribution in [0.2, 0.25) is 0 Å². The summed E-state index contributed by atoms with van der Waals surface area (Å²) in [5, 5.41) is 10.3. The molecule has 16 heavy (non-hydrogen) atoms. The van der Waals surface area contributed by atoms with Crippen molar-refractivity contribution in [2.75, 3.05) is 0 Å². The number of nitro groups is 1. The van der Waals surface area contributed by atoms with Crippen molar-refractivity contribution in [3.63, 3.8) is 0 Å². The van der Waals surface area contributed by atoms with Crippen molar-refractivity contribution in [3.8, 4) is 0 Å². The van der Waals surface area contributed by atoms with Gasteiger partial charge in [0.2, 0.25) is 0 Å². The Morgan fingerprint density at radius 2 is 1.81 bits per heavy atom. The molecule has 1 rings (SSSR count). The van der Waals surface area contributed by atoms with E-state index in [0.717, 1.165) is 0 Å². The molecule has 2 N–H and O–H groups in total. The van der Waals surface area contributed by atoms with Crippen LogP contribution >= 0.6 is 0 Å². The quantitative estimate of drug-likeness (QED) is 0.639. The van der Waals surface area contributed by atoms with Gasteiger partial charge in [-0.3, -0.25) is 14.3 Å². The van der Waals surface area contributed by atoms with Gasteiger partial charge in [-0.25, -0.2) is 0 Å². The van der Waals surface area contributed by atoms with E-state index >= 15 is 0 Å². The molecule has 3 atom stereocenters. The van der Waals surface area contributed by atoms with Crippen LogP contribution in [0.1, 0.15) is 13.8 Å². The number of non-ortho nitro benzene ring substituents is 1. The van der Waals surface area contributed by atoms with Gasteiger partial charge >= 0.3 is 0 Å². The van der Waals surface area contributed by atoms with Crippen LogP contribution < -0.4 is 5.73 Å². The average Bonchev–Trinajstić information content (AvgIpc) is 2.27. The van der Waals surface area contributed by atoms with Crippen LogP contribution in [0.4, 0.5) is 5.69 Å². The van der Waals surface area contributed by atoms with Crippen molar-refractivity contribution in [3.05, 3.63) is 34.4 Å². The van der Waals surface area contributed by atoms with E-state index in [4.69, 9.17) is 5.73 Å². The van der Waals surface area contributed by atoms with E-state index in [1.165, 1.54) is 24.3 Å². The highest BCUT2D eigenvalue weighted by Crippen LogP contribution is 2.17. The van der Waals surface area contributed by atoms with E-state index in [0.29, 0.717) is 4.90 Å². The molecule has 0 saturated heterocycles. The molecule has 0 amide bonds. The molecule has 0 aliphatic carbocycles. The Bertz CT molecular complexity index is 403. The summed E-state index contributed by atoms with van der Waals surface area (Å²) in [6, 6.07) is 5.53. The third kappa shape index (κ3) is 2.86. The SMILES string of the molecule is CC(N)C(C)S(=O)c1ccc([N+](=O)[O-])cc1. The zero-order valence-electron chi connectivity index (χ0n) is 9.12. The average molecular weight is 242 g/mol.